The lowest BCUT2D eigenvalue weighted by molar-refractivity contribution is -0.120. The van der Waals surface area contributed by atoms with E-state index >= 15 is 0 Å². The largest absolute Gasteiger partial charge is 0.454 e. The van der Waals surface area contributed by atoms with Gasteiger partial charge in [0.15, 0.2) is 21.6 Å². The second kappa shape index (κ2) is 9.23. The van der Waals surface area contributed by atoms with Crippen LogP contribution >= 0.6 is 23.1 Å². The minimum absolute atomic E-state index is 0.00137. The highest BCUT2D eigenvalue weighted by atomic mass is 32.2. The molecule has 0 bridgehead atoms. The fourth-order valence-electron chi connectivity index (χ4n) is 2.44. The number of nitrogens with zero attached hydrogens (tertiary/aromatic N) is 1. The molecule has 0 aliphatic carbocycles. The fourth-order valence-corrected chi connectivity index (χ4v) is 4.18. The van der Waals surface area contributed by atoms with Gasteiger partial charge < -0.3 is 14.8 Å². The Kier molecular flexibility index (Phi) is 6.73. The zero-order valence-corrected chi connectivity index (χ0v) is 17.0. The van der Waals surface area contributed by atoms with Crippen molar-refractivity contribution in [3.05, 3.63) is 34.8 Å². The fraction of sp³-hybridized carbons (Fsp3) is 0.421. The van der Waals surface area contributed by atoms with Crippen LogP contribution in [0.4, 0.5) is 0 Å². The number of carbonyl (C=O) groups excluding carboxylic acids is 2. The number of aromatic nitrogens is 1. The van der Waals surface area contributed by atoms with Crippen LogP contribution in [0.5, 0.6) is 11.5 Å². The first-order valence-electron chi connectivity index (χ1n) is 8.78. The van der Waals surface area contributed by atoms with Gasteiger partial charge in [-0.15, -0.1) is 11.3 Å². The minimum atomic E-state index is -0.0195. The first-order valence-corrected chi connectivity index (χ1v) is 10.6. The maximum absolute atomic E-state index is 12.4. The number of carbonyl (C=O) groups is 2. The number of Topliss-reactive ketones (excluding diaryl/α,β-unsaturated/α-hetero) is 1. The molecule has 0 radical (unpaired) electrons. The van der Waals surface area contributed by atoms with E-state index in [0.29, 0.717) is 29.5 Å². The number of amides is 1. The number of hydrogen-bond acceptors (Lipinski definition) is 7. The Morgan fingerprint density at radius 2 is 2.11 bits per heavy atom. The average molecular weight is 407 g/mol. The van der Waals surface area contributed by atoms with E-state index in [1.165, 1.54) is 23.1 Å². The summed E-state index contributed by atoms with van der Waals surface area (Å²) >= 11 is 2.83. The maximum atomic E-state index is 12.4. The molecule has 1 aromatic carbocycles. The van der Waals surface area contributed by atoms with Crippen molar-refractivity contribution in [3.63, 3.8) is 0 Å². The zero-order valence-electron chi connectivity index (χ0n) is 15.3. The highest BCUT2D eigenvalue weighted by Crippen LogP contribution is 2.33. The van der Waals surface area contributed by atoms with Gasteiger partial charge in [-0.3, -0.25) is 9.59 Å². The second-order valence-electron chi connectivity index (χ2n) is 6.59. The first-order chi connectivity index (χ1) is 13.0. The SMILES string of the molecule is CC(C)CCNC(=O)Cc1csc(SCC(=O)c2ccc3c(c2)OCO3)n1. The van der Waals surface area contributed by atoms with Gasteiger partial charge >= 0.3 is 0 Å². The lowest BCUT2D eigenvalue weighted by Crippen LogP contribution is -2.26. The van der Waals surface area contributed by atoms with Crippen molar-refractivity contribution in [1.82, 2.24) is 10.3 Å². The molecule has 3 rings (SSSR count). The molecule has 1 aliphatic heterocycles. The molecule has 0 saturated heterocycles. The zero-order chi connectivity index (χ0) is 19.2. The summed E-state index contributed by atoms with van der Waals surface area (Å²) in [5.74, 6) is 2.10. The van der Waals surface area contributed by atoms with E-state index in [1.54, 1.807) is 18.2 Å². The van der Waals surface area contributed by atoms with Gasteiger partial charge in [0.1, 0.15) is 0 Å². The monoisotopic (exact) mass is 406 g/mol. The number of nitrogens with one attached hydrogen (secondary N) is 1. The highest BCUT2D eigenvalue weighted by Gasteiger charge is 2.17. The Balaban J connectivity index is 1.46. The van der Waals surface area contributed by atoms with Crippen molar-refractivity contribution in [3.8, 4) is 11.5 Å². The normalized spacial score (nSPS) is 12.4. The number of ketones is 1. The summed E-state index contributed by atoms with van der Waals surface area (Å²) in [6.07, 6.45) is 1.23. The molecule has 0 spiro atoms. The number of rotatable bonds is 9. The Morgan fingerprint density at radius 3 is 2.93 bits per heavy atom. The molecular weight excluding hydrogens is 384 g/mol. The van der Waals surface area contributed by atoms with Crippen molar-refractivity contribution < 1.29 is 19.1 Å². The molecule has 8 heteroatoms. The molecule has 0 saturated carbocycles. The molecule has 6 nitrogen and oxygen atoms in total. The lowest BCUT2D eigenvalue weighted by atomic mass is 10.1. The summed E-state index contributed by atoms with van der Waals surface area (Å²) in [4.78, 5) is 28.7. The highest BCUT2D eigenvalue weighted by molar-refractivity contribution is 8.01. The molecular formula is C19H22N2O4S2. The van der Waals surface area contributed by atoms with E-state index in [0.717, 1.165) is 16.5 Å². The van der Waals surface area contributed by atoms with Crippen molar-refractivity contribution in [2.75, 3.05) is 19.1 Å². The van der Waals surface area contributed by atoms with Crippen molar-refractivity contribution in [2.45, 2.75) is 31.0 Å². The quantitative estimate of drug-likeness (QED) is 0.507. The predicted octanol–water partition coefficient (Wildman–Crippen LogP) is 3.55. The molecule has 0 atom stereocenters. The van der Waals surface area contributed by atoms with Crippen LogP contribution in [-0.2, 0) is 11.2 Å². The lowest BCUT2D eigenvalue weighted by Gasteiger charge is -2.06. The van der Waals surface area contributed by atoms with Crippen molar-refractivity contribution >= 4 is 34.8 Å². The van der Waals surface area contributed by atoms with Gasteiger partial charge in [0.05, 0.1) is 17.9 Å². The summed E-state index contributed by atoms with van der Waals surface area (Å²) in [7, 11) is 0. The Morgan fingerprint density at radius 1 is 1.30 bits per heavy atom. The minimum Gasteiger partial charge on any atom is -0.454 e. The summed E-state index contributed by atoms with van der Waals surface area (Å²) in [5, 5.41) is 4.78. The summed E-state index contributed by atoms with van der Waals surface area (Å²) < 4.78 is 11.3. The van der Waals surface area contributed by atoms with Crippen molar-refractivity contribution in [1.29, 1.82) is 0 Å². The first kappa shape index (κ1) is 19.7. The standard InChI is InChI=1S/C19H22N2O4S2/c1-12(2)5-6-20-18(23)8-14-9-26-19(21-14)27-10-15(22)13-3-4-16-17(7-13)25-11-24-16/h3-4,7,9,12H,5-6,8,10-11H2,1-2H3,(H,20,23). The topological polar surface area (TPSA) is 77.5 Å². The third-order valence-electron chi connectivity index (χ3n) is 3.94. The van der Waals surface area contributed by atoms with Crippen molar-refractivity contribution in [2.24, 2.45) is 5.92 Å². The molecule has 1 N–H and O–H groups in total. The smallest absolute Gasteiger partial charge is 0.231 e. The summed E-state index contributed by atoms with van der Waals surface area (Å²) in [5.41, 5.74) is 1.33. The molecule has 1 aromatic heterocycles. The van der Waals surface area contributed by atoms with E-state index in [1.807, 2.05) is 5.38 Å². The van der Waals surface area contributed by atoms with Gasteiger partial charge in [-0.2, -0.15) is 0 Å². The van der Waals surface area contributed by atoms with Crippen LogP contribution in [0.2, 0.25) is 0 Å². The number of fused-ring (bicyclic) bond motifs is 1. The maximum Gasteiger partial charge on any atom is 0.231 e. The van der Waals surface area contributed by atoms with Gasteiger partial charge in [-0.25, -0.2) is 4.98 Å². The Hall–Kier alpha value is -2.06. The van der Waals surface area contributed by atoms with E-state index in [2.05, 4.69) is 24.1 Å². The van der Waals surface area contributed by atoms with Crippen LogP contribution in [0.25, 0.3) is 0 Å². The van der Waals surface area contributed by atoms with Crippen LogP contribution in [0, 0.1) is 5.92 Å². The molecule has 1 aliphatic rings. The van der Waals surface area contributed by atoms with E-state index < -0.39 is 0 Å². The predicted molar refractivity (Wildman–Crippen MR) is 106 cm³/mol. The van der Waals surface area contributed by atoms with Crippen LogP contribution in [0.3, 0.4) is 0 Å². The van der Waals surface area contributed by atoms with Gasteiger partial charge in [-0.05, 0) is 30.5 Å². The number of ether oxygens (including phenoxy) is 2. The van der Waals surface area contributed by atoms with Gasteiger partial charge in [0.25, 0.3) is 0 Å². The Bertz CT molecular complexity index is 820. The molecule has 1 amide bonds. The Labute approximate surface area is 166 Å². The van der Waals surface area contributed by atoms with Crippen LogP contribution in [-0.4, -0.2) is 35.8 Å². The molecule has 144 valence electrons. The van der Waals surface area contributed by atoms with Crippen LogP contribution in [0.15, 0.2) is 27.9 Å². The second-order valence-corrected chi connectivity index (χ2v) is 8.67. The van der Waals surface area contributed by atoms with Gasteiger partial charge in [0, 0.05) is 17.5 Å². The van der Waals surface area contributed by atoms with Gasteiger partial charge in [0.2, 0.25) is 12.7 Å². The van der Waals surface area contributed by atoms with Crippen LogP contribution < -0.4 is 14.8 Å². The molecule has 2 heterocycles. The van der Waals surface area contributed by atoms with E-state index in [9.17, 15) is 9.59 Å². The van der Waals surface area contributed by atoms with Crippen LogP contribution in [0.1, 0.15) is 36.3 Å². The number of thioether (sulfide) groups is 1. The summed E-state index contributed by atoms with van der Waals surface area (Å²) in [6, 6.07) is 5.20. The molecule has 0 unspecified atom stereocenters. The number of thiazole rings is 1. The molecule has 27 heavy (non-hydrogen) atoms. The average Bonchev–Trinajstić information content (AvgIpc) is 3.27. The number of hydrogen-bond donors (Lipinski definition) is 1. The number of benzene rings is 1. The molecule has 0 fully saturated rings. The van der Waals surface area contributed by atoms with E-state index in [4.69, 9.17) is 9.47 Å². The van der Waals surface area contributed by atoms with E-state index in [-0.39, 0.29) is 30.7 Å². The third kappa shape index (κ3) is 5.71. The third-order valence-corrected chi connectivity index (χ3v) is 6.01. The molecule has 2 aromatic rings. The summed E-state index contributed by atoms with van der Waals surface area (Å²) in [6.45, 7) is 5.13. The van der Waals surface area contributed by atoms with Gasteiger partial charge in [-0.1, -0.05) is 25.6 Å².